The minimum atomic E-state index is -0.687. The molecule has 0 saturated carbocycles. The maximum atomic E-state index is 10.5. The molecule has 0 aromatic carbocycles. The summed E-state index contributed by atoms with van der Waals surface area (Å²) < 4.78 is 0. The van der Waals surface area contributed by atoms with Crippen LogP contribution >= 0.6 is 0 Å². The van der Waals surface area contributed by atoms with Gasteiger partial charge in [-0.3, -0.25) is 0 Å². The van der Waals surface area contributed by atoms with Gasteiger partial charge in [0.25, 0.3) is 0 Å². The summed E-state index contributed by atoms with van der Waals surface area (Å²) in [5.74, 6) is 0.302. The Labute approximate surface area is 87.3 Å². The Morgan fingerprint density at radius 3 is 2.14 bits per heavy atom. The fourth-order valence-electron chi connectivity index (χ4n) is 2.06. The Kier molecular flexibility index (Phi) is 3.24. The van der Waals surface area contributed by atoms with Gasteiger partial charge in [-0.25, -0.2) is 0 Å². The molecule has 0 aromatic rings. The van der Waals surface area contributed by atoms with Crippen molar-refractivity contribution in [2.75, 3.05) is 20.1 Å². The molecule has 1 heterocycles. The Morgan fingerprint density at radius 1 is 1.36 bits per heavy atom. The molecule has 1 fully saturated rings. The first-order valence-corrected chi connectivity index (χ1v) is 5.49. The van der Waals surface area contributed by atoms with E-state index in [2.05, 4.69) is 25.8 Å². The fourth-order valence-corrected chi connectivity index (χ4v) is 2.06. The van der Waals surface area contributed by atoms with Gasteiger partial charge in [0, 0.05) is 18.6 Å². The summed E-state index contributed by atoms with van der Waals surface area (Å²) in [4.78, 5) is 2.24. The van der Waals surface area contributed by atoms with Crippen LogP contribution in [0.2, 0.25) is 0 Å². The molecule has 0 radical (unpaired) electrons. The number of piperidine rings is 1. The monoisotopic (exact) mass is 200 g/mol. The lowest BCUT2D eigenvalue weighted by atomic mass is 9.69. The highest BCUT2D eigenvalue weighted by Gasteiger charge is 2.47. The van der Waals surface area contributed by atoms with E-state index >= 15 is 0 Å². The van der Waals surface area contributed by atoms with Crippen LogP contribution in [0.15, 0.2) is 0 Å². The molecule has 0 aromatic heterocycles. The molecule has 3 N–H and O–H groups in total. The largest absolute Gasteiger partial charge is 0.388 e. The third kappa shape index (κ3) is 1.95. The first-order chi connectivity index (χ1) is 6.29. The molecule has 1 saturated heterocycles. The van der Waals surface area contributed by atoms with Crippen molar-refractivity contribution < 1.29 is 5.11 Å². The van der Waals surface area contributed by atoms with Gasteiger partial charge in [-0.05, 0) is 32.7 Å². The maximum absolute atomic E-state index is 10.5. The predicted molar refractivity (Wildman–Crippen MR) is 59.1 cm³/mol. The second kappa shape index (κ2) is 3.80. The average molecular weight is 200 g/mol. The van der Waals surface area contributed by atoms with E-state index in [-0.39, 0.29) is 0 Å². The van der Waals surface area contributed by atoms with Gasteiger partial charge in [-0.15, -0.1) is 0 Å². The standard InChI is InChI=1S/C11H24N2O/c1-9(2)10(3,12)11(14)5-7-13(4)8-6-11/h9,14H,5-8,12H2,1-4H3. The Bertz CT molecular complexity index is 193. The SMILES string of the molecule is CC(C)C(C)(N)C1(O)CCN(C)CC1. The number of likely N-dealkylation sites (tertiary alicyclic amines) is 1. The van der Waals surface area contributed by atoms with E-state index in [1.165, 1.54) is 0 Å². The van der Waals surface area contributed by atoms with Gasteiger partial charge in [-0.1, -0.05) is 13.8 Å². The molecule has 0 amide bonds. The van der Waals surface area contributed by atoms with Crippen molar-refractivity contribution in [1.29, 1.82) is 0 Å². The predicted octanol–water partition coefficient (Wildman–Crippen LogP) is 0.817. The number of nitrogens with zero attached hydrogens (tertiary/aromatic N) is 1. The van der Waals surface area contributed by atoms with Gasteiger partial charge in [0.1, 0.15) is 0 Å². The molecular weight excluding hydrogens is 176 g/mol. The molecule has 0 bridgehead atoms. The summed E-state index contributed by atoms with van der Waals surface area (Å²) in [5, 5.41) is 10.5. The molecule has 14 heavy (non-hydrogen) atoms. The van der Waals surface area contributed by atoms with E-state index in [4.69, 9.17) is 5.73 Å². The van der Waals surface area contributed by atoms with Crippen LogP contribution in [-0.2, 0) is 0 Å². The zero-order valence-electron chi connectivity index (χ0n) is 9.88. The normalized spacial score (nSPS) is 27.6. The van der Waals surface area contributed by atoms with E-state index in [1.807, 2.05) is 6.92 Å². The van der Waals surface area contributed by atoms with Crippen molar-refractivity contribution in [2.45, 2.75) is 44.8 Å². The fraction of sp³-hybridized carbons (Fsp3) is 1.00. The minimum absolute atomic E-state index is 0.302. The highest BCUT2D eigenvalue weighted by molar-refractivity contribution is 5.04. The Morgan fingerprint density at radius 2 is 1.79 bits per heavy atom. The molecule has 3 heteroatoms. The number of hydrogen-bond acceptors (Lipinski definition) is 3. The third-order valence-electron chi connectivity index (χ3n) is 4.02. The average Bonchev–Trinajstić information content (AvgIpc) is 2.10. The van der Waals surface area contributed by atoms with Gasteiger partial charge >= 0.3 is 0 Å². The second-order valence-electron chi connectivity index (χ2n) is 5.27. The van der Waals surface area contributed by atoms with Gasteiger partial charge < -0.3 is 15.7 Å². The van der Waals surface area contributed by atoms with Crippen LogP contribution in [0.4, 0.5) is 0 Å². The lowest BCUT2D eigenvalue weighted by Crippen LogP contribution is -2.64. The number of rotatable bonds is 2. The Hall–Kier alpha value is -0.120. The topological polar surface area (TPSA) is 49.5 Å². The molecule has 0 spiro atoms. The molecule has 0 aliphatic carbocycles. The molecule has 1 aliphatic heterocycles. The molecule has 1 rings (SSSR count). The van der Waals surface area contributed by atoms with E-state index < -0.39 is 11.1 Å². The van der Waals surface area contributed by atoms with Gasteiger partial charge in [0.15, 0.2) is 0 Å². The summed E-state index contributed by atoms with van der Waals surface area (Å²) in [6, 6.07) is 0. The van der Waals surface area contributed by atoms with Crippen LogP contribution in [0.1, 0.15) is 33.6 Å². The van der Waals surface area contributed by atoms with Crippen molar-refractivity contribution in [3.05, 3.63) is 0 Å². The molecular formula is C11H24N2O. The van der Waals surface area contributed by atoms with Crippen LogP contribution < -0.4 is 5.73 Å². The zero-order chi connectivity index (χ0) is 11.0. The number of aliphatic hydroxyl groups is 1. The number of hydrogen-bond donors (Lipinski definition) is 2. The van der Waals surface area contributed by atoms with E-state index in [0.717, 1.165) is 25.9 Å². The van der Waals surface area contributed by atoms with Crippen molar-refractivity contribution in [1.82, 2.24) is 4.90 Å². The summed E-state index contributed by atoms with van der Waals surface area (Å²) in [6.07, 6.45) is 1.57. The maximum Gasteiger partial charge on any atom is 0.0850 e. The first kappa shape index (κ1) is 12.0. The van der Waals surface area contributed by atoms with Crippen LogP contribution in [0.3, 0.4) is 0 Å². The van der Waals surface area contributed by atoms with Crippen molar-refractivity contribution in [2.24, 2.45) is 11.7 Å². The van der Waals surface area contributed by atoms with E-state index in [1.54, 1.807) is 0 Å². The smallest absolute Gasteiger partial charge is 0.0850 e. The van der Waals surface area contributed by atoms with Gasteiger partial charge in [-0.2, -0.15) is 0 Å². The van der Waals surface area contributed by atoms with Crippen molar-refractivity contribution in [3.63, 3.8) is 0 Å². The van der Waals surface area contributed by atoms with Gasteiger partial charge in [0.05, 0.1) is 5.60 Å². The second-order valence-corrected chi connectivity index (χ2v) is 5.27. The minimum Gasteiger partial charge on any atom is -0.388 e. The van der Waals surface area contributed by atoms with Crippen LogP contribution in [0.25, 0.3) is 0 Å². The van der Waals surface area contributed by atoms with E-state index in [9.17, 15) is 5.11 Å². The quantitative estimate of drug-likeness (QED) is 0.694. The van der Waals surface area contributed by atoms with Gasteiger partial charge in [0.2, 0.25) is 0 Å². The third-order valence-corrected chi connectivity index (χ3v) is 4.02. The highest BCUT2D eigenvalue weighted by atomic mass is 16.3. The summed E-state index contributed by atoms with van der Waals surface area (Å²) in [7, 11) is 2.09. The van der Waals surface area contributed by atoms with Crippen molar-refractivity contribution in [3.8, 4) is 0 Å². The summed E-state index contributed by atoms with van der Waals surface area (Å²) in [6.45, 7) is 8.02. The molecule has 1 atom stereocenters. The summed E-state index contributed by atoms with van der Waals surface area (Å²) in [5.41, 5.74) is 5.08. The highest BCUT2D eigenvalue weighted by Crippen LogP contribution is 2.35. The molecule has 1 aliphatic rings. The van der Waals surface area contributed by atoms with Crippen LogP contribution in [0.5, 0.6) is 0 Å². The number of nitrogens with two attached hydrogens (primary N) is 1. The summed E-state index contributed by atoms with van der Waals surface area (Å²) >= 11 is 0. The van der Waals surface area contributed by atoms with Crippen molar-refractivity contribution >= 4 is 0 Å². The van der Waals surface area contributed by atoms with Crippen LogP contribution in [0, 0.1) is 5.92 Å². The molecule has 3 nitrogen and oxygen atoms in total. The van der Waals surface area contributed by atoms with Crippen LogP contribution in [-0.4, -0.2) is 41.3 Å². The molecule has 84 valence electrons. The van der Waals surface area contributed by atoms with E-state index in [0.29, 0.717) is 5.92 Å². The molecule has 1 unspecified atom stereocenters. The Balaban J connectivity index is 2.75. The zero-order valence-corrected chi connectivity index (χ0v) is 9.88. The first-order valence-electron chi connectivity index (χ1n) is 5.49. The lowest BCUT2D eigenvalue weighted by molar-refractivity contribution is -0.0861. The lowest BCUT2D eigenvalue weighted by Gasteiger charge is -2.49.